The highest BCUT2D eigenvalue weighted by Crippen LogP contribution is 2.29. The van der Waals surface area contributed by atoms with Crippen LogP contribution in [0.25, 0.3) is 0 Å². The predicted octanol–water partition coefficient (Wildman–Crippen LogP) is 4.63. The Morgan fingerprint density at radius 2 is 1.55 bits per heavy atom. The lowest BCUT2D eigenvalue weighted by molar-refractivity contribution is -0.119. The molecule has 7 nitrogen and oxygen atoms in total. The molecule has 0 atom stereocenters. The molecule has 0 radical (unpaired) electrons. The molecule has 1 saturated carbocycles. The van der Waals surface area contributed by atoms with Crippen molar-refractivity contribution >= 4 is 27.3 Å². The molecule has 1 aromatic rings. The molecular weight excluding hydrogens is 414 g/mol. The monoisotopic (exact) mass is 451 g/mol. The number of sulfonamides is 1. The molecule has 1 N–H and O–H groups in total. The van der Waals surface area contributed by atoms with E-state index in [-0.39, 0.29) is 6.54 Å². The molecule has 31 heavy (non-hydrogen) atoms. The summed E-state index contributed by atoms with van der Waals surface area (Å²) in [5, 5.41) is 4.36. The van der Waals surface area contributed by atoms with E-state index in [2.05, 4.69) is 10.5 Å². The van der Waals surface area contributed by atoms with E-state index in [1.165, 1.54) is 44.9 Å². The molecule has 1 aliphatic carbocycles. The van der Waals surface area contributed by atoms with Gasteiger partial charge in [0.15, 0.2) is 0 Å². The molecule has 0 saturated heterocycles. The summed E-state index contributed by atoms with van der Waals surface area (Å²) in [5.41, 5.74) is 3.93. The van der Waals surface area contributed by atoms with E-state index in [0.29, 0.717) is 18.0 Å². The zero-order chi connectivity index (χ0) is 22.5. The van der Waals surface area contributed by atoms with Crippen molar-refractivity contribution in [3.05, 3.63) is 24.3 Å². The number of hydrazone groups is 1. The molecule has 174 valence electrons. The average molecular weight is 452 g/mol. The van der Waals surface area contributed by atoms with Gasteiger partial charge in [-0.15, -0.1) is 0 Å². The van der Waals surface area contributed by atoms with Crippen LogP contribution in [0.4, 0.5) is 5.69 Å². The lowest BCUT2D eigenvalue weighted by atomic mass is 10.00. The highest BCUT2D eigenvalue weighted by atomic mass is 32.2. The first-order chi connectivity index (χ1) is 14.9. The zero-order valence-corrected chi connectivity index (χ0v) is 19.8. The summed E-state index contributed by atoms with van der Waals surface area (Å²) >= 11 is 0. The number of carbonyl (C=O) groups excluding carboxylic acids is 1. The number of ether oxygens (including phenoxy) is 1. The van der Waals surface area contributed by atoms with E-state index in [1.54, 1.807) is 24.3 Å². The van der Waals surface area contributed by atoms with Crippen LogP contribution < -0.4 is 14.5 Å². The van der Waals surface area contributed by atoms with Gasteiger partial charge in [-0.2, -0.15) is 5.10 Å². The number of nitrogens with one attached hydrogen (secondary N) is 1. The van der Waals surface area contributed by atoms with E-state index < -0.39 is 15.9 Å². The van der Waals surface area contributed by atoms with Crippen molar-refractivity contribution in [1.29, 1.82) is 0 Å². The van der Waals surface area contributed by atoms with Gasteiger partial charge in [-0.05, 0) is 44.7 Å². The van der Waals surface area contributed by atoms with Crippen molar-refractivity contribution in [2.24, 2.45) is 5.10 Å². The third-order valence-corrected chi connectivity index (χ3v) is 6.52. The quantitative estimate of drug-likeness (QED) is 0.612. The van der Waals surface area contributed by atoms with Crippen LogP contribution >= 0.6 is 0 Å². The number of anilines is 1. The average Bonchev–Trinajstić information content (AvgIpc) is 2.72. The smallest absolute Gasteiger partial charge is 0.260 e. The van der Waals surface area contributed by atoms with Gasteiger partial charge in [0.25, 0.3) is 5.91 Å². The van der Waals surface area contributed by atoms with Crippen LogP contribution in [0.1, 0.15) is 77.6 Å². The molecular formula is C23H37N3O4S. The van der Waals surface area contributed by atoms with Crippen LogP contribution in [0.3, 0.4) is 0 Å². The number of benzene rings is 1. The predicted molar refractivity (Wildman–Crippen MR) is 126 cm³/mol. The van der Waals surface area contributed by atoms with Gasteiger partial charge in [0, 0.05) is 5.71 Å². The molecule has 0 spiro atoms. The third kappa shape index (κ3) is 9.29. The van der Waals surface area contributed by atoms with Crippen molar-refractivity contribution < 1.29 is 17.9 Å². The number of rotatable bonds is 7. The van der Waals surface area contributed by atoms with Crippen molar-refractivity contribution in [3.63, 3.8) is 0 Å². The molecule has 2 rings (SSSR count). The fraction of sp³-hybridized carbons (Fsp3) is 0.652. The summed E-state index contributed by atoms with van der Waals surface area (Å²) < 4.78 is 31.4. The largest absolute Gasteiger partial charge is 0.492 e. The van der Waals surface area contributed by atoms with Gasteiger partial charge in [-0.3, -0.25) is 9.10 Å². The van der Waals surface area contributed by atoms with Gasteiger partial charge in [0.2, 0.25) is 10.0 Å². The molecule has 0 aliphatic heterocycles. The summed E-state index contributed by atoms with van der Waals surface area (Å²) in [6.07, 6.45) is 13.8. The molecule has 1 amide bonds. The second-order valence-electron chi connectivity index (χ2n) is 8.07. The first-order valence-corrected chi connectivity index (χ1v) is 13.3. The number of amides is 1. The lowest BCUT2D eigenvalue weighted by Gasteiger charge is -2.23. The van der Waals surface area contributed by atoms with Crippen LogP contribution in [0.2, 0.25) is 0 Å². The normalized spacial score (nSPS) is 16.5. The number of para-hydroxylation sites is 2. The Hall–Kier alpha value is -2.09. The van der Waals surface area contributed by atoms with Crippen LogP contribution in [-0.2, 0) is 14.8 Å². The van der Waals surface area contributed by atoms with Gasteiger partial charge in [0.05, 0.1) is 18.6 Å². The van der Waals surface area contributed by atoms with Gasteiger partial charge < -0.3 is 4.74 Å². The highest BCUT2D eigenvalue weighted by Gasteiger charge is 2.23. The summed E-state index contributed by atoms with van der Waals surface area (Å²) in [4.78, 5) is 12.6. The number of carbonyl (C=O) groups is 1. The molecule has 0 aromatic heterocycles. The van der Waals surface area contributed by atoms with Crippen molar-refractivity contribution in [3.8, 4) is 5.75 Å². The summed E-state index contributed by atoms with van der Waals surface area (Å²) in [6, 6.07) is 6.82. The van der Waals surface area contributed by atoms with Gasteiger partial charge in [-0.1, -0.05) is 57.1 Å². The Kier molecular flexibility index (Phi) is 10.8. The van der Waals surface area contributed by atoms with Gasteiger partial charge in [0.1, 0.15) is 12.3 Å². The summed E-state index contributed by atoms with van der Waals surface area (Å²) in [5.74, 6) is -0.0378. The fourth-order valence-electron chi connectivity index (χ4n) is 3.76. The standard InChI is InChI=1S/C23H37N3O4S/c1-3-30-22-18-14-13-17-21(22)26(31(2,28)29)19-23(27)25-24-20-15-11-9-7-5-4-6-8-10-12-16-20/h13-14,17-18H,3-12,15-16,19H2,1-2H3,(H,25,27). The molecule has 8 heteroatoms. The highest BCUT2D eigenvalue weighted by molar-refractivity contribution is 7.92. The maximum Gasteiger partial charge on any atom is 0.260 e. The number of hydrogen-bond acceptors (Lipinski definition) is 5. The van der Waals surface area contributed by atoms with E-state index in [4.69, 9.17) is 4.74 Å². The Morgan fingerprint density at radius 1 is 1.00 bits per heavy atom. The van der Waals surface area contributed by atoms with Crippen LogP contribution in [0.15, 0.2) is 29.4 Å². The second-order valence-corrected chi connectivity index (χ2v) is 9.97. The Balaban J connectivity index is 2.06. The minimum atomic E-state index is -3.68. The Bertz CT molecular complexity index is 810. The van der Waals surface area contributed by atoms with E-state index in [9.17, 15) is 13.2 Å². The number of hydrogen-bond donors (Lipinski definition) is 1. The molecule has 0 unspecified atom stereocenters. The zero-order valence-electron chi connectivity index (χ0n) is 18.9. The maximum absolute atomic E-state index is 12.6. The minimum Gasteiger partial charge on any atom is -0.492 e. The Morgan fingerprint density at radius 3 is 2.10 bits per heavy atom. The van der Waals surface area contributed by atoms with Crippen LogP contribution in [0, 0.1) is 0 Å². The molecule has 0 heterocycles. The van der Waals surface area contributed by atoms with Crippen LogP contribution in [-0.4, -0.2) is 39.4 Å². The van der Waals surface area contributed by atoms with Crippen LogP contribution in [0.5, 0.6) is 5.75 Å². The molecule has 1 fully saturated rings. The van der Waals surface area contributed by atoms with E-state index in [0.717, 1.165) is 42.0 Å². The third-order valence-electron chi connectivity index (χ3n) is 5.39. The first kappa shape index (κ1) is 25.2. The molecule has 0 bridgehead atoms. The van der Waals surface area contributed by atoms with E-state index in [1.807, 2.05) is 6.92 Å². The number of nitrogens with zero attached hydrogens (tertiary/aromatic N) is 2. The summed E-state index contributed by atoms with van der Waals surface area (Å²) in [6.45, 7) is 1.88. The van der Waals surface area contributed by atoms with E-state index >= 15 is 0 Å². The van der Waals surface area contributed by atoms with Crippen molar-refractivity contribution in [2.75, 3.05) is 23.7 Å². The van der Waals surface area contributed by atoms with Gasteiger partial charge in [-0.25, -0.2) is 13.8 Å². The topological polar surface area (TPSA) is 88.1 Å². The second kappa shape index (κ2) is 13.3. The molecule has 1 aromatic carbocycles. The Labute approximate surface area is 187 Å². The maximum atomic E-state index is 12.6. The van der Waals surface area contributed by atoms with Gasteiger partial charge >= 0.3 is 0 Å². The summed E-state index contributed by atoms with van der Waals surface area (Å²) in [7, 11) is -3.68. The minimum absolute atomic E-state index is 0.348. The SMILES string of the molecule is CCOc1ccccc1N(CC(=O)NN=C1CCCCCCCCCCC1)S(C)(=O)=O. The van der Waals surface area contributed by atoms with Crippen molar-refractivity contribution in [1.82, 2.24) is 5.43 Å². The molecule has 1 aliphatic rings. The van der Waals surface area contributed by atoms with Crippen molar-refractivity contribution in [2.45, 2.75) is 77.6 Å². The fourth-order valence-corrected chi connectivity index (χ4v) is 4.62. The first-order valence-electron chi connectivity index (χ1n) is 11.5. The lowest BCUT2D eigenvalue weighted by Crippen LogP contribution is -2.39.